The van der Waals surface area contributed by atoms with Gasteiger partial charge in [-0.15, -0.1) is 0 Å². The number of carbonyl (C=O) groups is 2. The number of piperidine rings is 1. The number of benzene rings is 1. The van der Waals surface area contributed by atoms with Gasteiger partial charge in [-0.1, -0.05) is 44.5 Å². The van der Waals surface area contributed by atoms with Crippen molar-refractivity contribution in [2.45, 2.75) is 40.0 Å². The Morgan fingerprint density at radius 3 is 2.65 bits per heavy atom. The standard InChI is InChI=1S/C20H28ClN3O2/c1-19(2,3)13-23-11-6-9-20(17(23)25)10-12-24(14-20)18(26)22-16-8-5-4-7-15(16)21/h4-5,7-8H,6,9-14H2,1-3H3,(H,22,26)/t20-/m0/s1. The number of amides is 3. The Labute approximate surface area is 160 Å². The first-order valence-electron chi connectivity index (χ1n) is 9.30. The van der Waals surface area contributed by atoms with Gasteiger partial charge in [-0.25, -0.2) is 4.79 Å². The zero-order valence-electron chi connectivity index (χ0n) is 15.8. The molecule has 6 heteroatoms. The minimum absolute atomic E-state index is 0.0773. The van der Waals surface area contributed by atoms with Crippen LogP contribution in [0.1, 0.15) is 40.0 Å². The van der Waals surface area contributed by atoms with Gasteiger partial charge in [0.15, 0.2) is 0 Å². The molecule has 2 saturated heterocycles. The average molecular weight is 378 g/mol. The van der Waals surface area contributed by atoms with E-state index in [0.717, 1.165) is 32.4 Å². The van der Waals surface area contributed by atoms with E-state index < -0.39 is 5.41 Å². The lowest BCUT2D eigenvalue weighted by Gasteiger charge is -2.41. The molecule has 0 radical (unpaired) electrons. The Kier molecular flexibility index (Phi) is 5.20. The van der Waals surface area contributed by atoms with Crippen LogP contribution in [-0.2, 0) is 4.79 Å². The lowest BCUT2D eigenvalue weighted by molar-refractivity contribution is -0.146. The van der Waals surface area contributed by atoms with Crippen molar-refractivity contribution in [3.63, 3.8) is 0 Å². The average Bonchev–Trinajstić information content (AvgIpc) is 2.98. The number of nitrogens with zero attached hydrogens (tertiary/aromatic N) is 2. The summed E-state index contributed by atoms with van der Waals surface area (Å²) in [4.78, 5) is 29.5. The quantitative estimate of drug-likeness (QED) is 0.838. The van der Waals surface area contributed by atoms with E-state index in [1.807, 2.05) is 17.0 Å². The van der Waals surface area contributed by atoms with Gasteiger partial charge in [0, 0.05) is 26.2 Å². The molecule has 0 aromatic heterocycles. The van der Waals surface area contributed by atoms with Crippen LogP contribution in [0.25, 0.3) is 0 Å². The Morgan fingerprint density at radius 1 is 1.23 bits per heavy atom. The van der Waals surface area contributed by atoms with Crippen LogP contribution in [-0.4, -0.2) is 47.9 Å². The van der Waals surface area contributed by atoms with Gasteiger partial charge in [-0.3, -0.25) is 4.79 Å². The fourth-order valence-corrected chi connectivity index (χ4v) is 4.24. The first-order valence-corrected chi connectivity index (χ1v) is 9.68. The minimum atomic E-state index is -0.415. The Balaban J connectivity index is 1.67. The summed E-state index contributed by atoms with van der Waals surface area (Å²) in [6.45, 7) is 9.13. The zero-order valence-corrected chi connectivity index (χ0v) is 16.6. The van der Waals surface area contributed by atoms with Crippen LogP contribution in [0.15, 0.2) is 24.3 Å². The van der Waals surface area contributed by atoms with Crippen molar-refractivity contribution in [2.24, 2.45) is 10.8 Å². The third kappa shape index (κ3) is 3.98. The van der Waals surface area contributed by atoms with Crippen LogP contribution < -0.4 is 5.32 Å². The summed E-state index contributed by atoms with van der Waals surface area (Å²) in [5, 5.41) is 3.38. The van der Waals surface area contributed by atoms with Crippen molar-refractivity contribution in [3.8, 4) is 0 Å². The molecule has 26 heavy (non-hydrogen) atoms. The van der Waals surface area contributed by atoms with Crippen molar-refractivity contribution >= 4 is 29.2 Å². The lowest BCUT2D eigenvalue weighted by Crippen LogP contribution is -2.52. The van der Waals surface area contributed by atoms with Crippen molar-refractivity contribution < 1.29 is 9.59 Å². The van der Waals surface area contributed by atoms with Crippen LogP contribution in [0.2, 0.25) is 5.02 Å². The van der Waals surface area contributed by atoms with E-state index in [9.17, 15) is 9.59 Å². The molecule has 3 rings (SSSR count). The number of rotatable bonds is 2. The number of anilines is 1. The number of para-hydroxylation sites is 1. The molecule has 1 spiro atoms. The third-order valence-electron chi connectivity index (χ3n) is 5.25. The number of likely N-dealkylation sites (tertiary alicyclic amines) is 2. The van der Waals surface area contributed by atoms with E-state index in [1.165, 1.54) is 0 Å². The minimum Gasteiger partial charge on any atom is -0.342 e. The molecule has 0 saturated carbocycles. The second-order valence-electron chi connectivity index (χ2n) is 8.75. The summed E-state index contributed by atoms with van der Waals surface area (Å²) in [7, 11) is 0. The summed E-state index contributed by atoms with van der Waals surface area (Å²) in [6.07, 6.45) is 2.60. The fourth-order valence-electron chi connectivity index (χ4n) is 4.06. The van der Waals surface area contributed by atoms with Crippen molar-refractivity contribution in [1.29, 1.82) is 0 Å². The zero-order chi connectivity index (χ0) is 18.9. The molecule has 2 aliphatic heterocycles. The predicted molar refractivity (Wildman–Crippen MR) is 104 cm³/mol. The molecule has 1 atom stereocenters. The molecule has 2 aliphatic rings. The Morgan fingerprint density at radius 2 is 1.96 bits per heavy atom. The van der Waals surface area contributed by atoms with Gasteiger partial charge in [0.05, 0.1) is 16.1 Å². The number of carbonyl (C=O) groups excluding carboxylic acids is 2. The Bertz CT molecular complexity index is 701. The number of hydrogen-bond donors (Lipinski definition) is 1. The van der Waals surface area contributed by atoms with Gasteiger partial charge in [-0.05, 0) is 36.8 Å². The van der Waals surface area contributed by atoms with E-state index in [-0.39, 0.29) is 17.4 Å². The molecule has 2 heterocycles. The van der Waals surface area contributed by atoms with Gasteiger partial charge in [-0.2, -0.15) is 0 Å². The highest BCUT2D eigenvalue weighted by Crippen LogP contribution is 2.41. The summed E-state index contributed by atoms with van der Waals surface area (Å²) in [5.74, 6) is 0.215. The van der Waals surface area contributed by atoms with Crippen molar-refractivity contribution in [1.82, 2.24) is 9.80 Å². The summed E-state index contributed by atoms with van der Waals surface area (Å²) < 4.78 is 0. The monoisotopic (exact) mass is 377 g/mol. The number of halogens is 1. The van der Waals surface area contributed by atoms with Crippen LogP contribution in [0.4, 0.5) is 10.5 Å². The highest BCUT2D eigenvalue weighted by molar-refractivity contribution is 6.33. The lowest BCUT2D eigenvalue weighted by atomic mass is 9.77. The smallest absolute Gasteiger partial charge is 0.321 e. The molecule has 1 aromatic carbocycles. The summed E-state index contributed by atoms with van der Waals surface area (Å²) >= 11 is 6.13. The number of hydrogen-bond acceptors (Lipinski definition) is 2. The molecule has 1 aromatic rings. The maximum absolute atomic E-state index is 13.2. The molecule has 5 nitrogen and oxygen atoms in total. The highest BCUT2D eigenvalue weighted by atomic mass is 35.5. The molecule has 3 amide bonds. The normalized spacial score (nSPS) is 23.6. The largest absolute Gasteiger partial charge is 0.342 e. The first-order chi connectivity index (χ1) is 12.2. The van der Waals surface area contributed by atoms with Crippen molar-refractivity contribution in [2.75, 3.05) is 31.5 Å². The molecule has 0 bridgehead atoms. The van der Waals surface area contributed by atoms with Gasteiger partial charge in [0.1, 0.15) is 0 Å². The third-order valence-corrected chi connectivity index (χ3v) is 5.58. The maximum atomic E-state index is 13.2. The molecular formula is C20H28ClN3O2. The van der Waals surface area contributed by atoms with E-state index >= 15 is 0 Å². The van der Waals surface area contributed by atoms with Crippen molar-refractivity contribution in [3.05, 3.63) is 29.3 Å². The second-order valence-corrected chi connectivity index (χ2v) is 9.16. The van der Waals surface area contributed by atoms with Gasteiger partial charge >= 0.3 is 6.03 Å². The molecule has 1 N–H and O–H groups in total. The second kappa shape index (κ2) is 7.10. The van der Waals surface area contributed by atoms with Gasteiger partial charge in [0.2, 0.25) is 5.91 Å². The van der Waals surface area contributed by atoms with Gasteiger partial charge < -0.3 is 15.1 Å². The van der Waals surface area contributed by atoms with E-state index in [4.69, 9.17) is 11.6 Å². The summed E-state index contributed by atoms with van der Waals surface area (Å²) in [6, 6.07) is 7.01. The molecule has 2 fully saturated rings. The number of nitrogens with one attached hydrogen (secondary N) is 1. The Hall–Kier alpha value is -1.75. The summed E-state index contributed by atoms with van der Waals surface area (Å²) in [5.41, 5.74) is 0.263. The van der Waals surface area contributed by atoms with E-state index in [1.54, 1.807) is 17.0 Å². The molecule has 0 unspecified atom stereocenters. The predicted octanol–water partition coefficient (Wildman–Crippen LogP) is 4.23. The molecule has 142 valence electrons. The fraction of sp³-hybridized carbons (Fsp3) is 0.600. The topological polar surface area (TPSA) is 52.6 Å². The van der Waals surface area contributed by atoms with Crippen LogP contribution >= 0.6 is 11.6 Å². The van der Waals surface area contributed by atoms with Crippen LogP contribution in [0.3, 0.4) is 0 Å². The van der Waals surface area contributed by atoms with E-state index in [0.29, 0.717) is 23.8 Å². The number of urea groups is 1. The highest BCUT2D eigenvalue weighted by Gasteiger charge is 2.49. The van der Waals surface area contributed by atoms with E-state index in [2.05, 4.69) is 26.1 Å². The van der Waals surface area contributed by atoms with Crippen LogP contribution in [0, 0.1) is 10.8 Å². The van der Waals surface area contributed by atoms with Crippen LogP contribution in [0.5, 0.6) is 0 Å². The van der Waals surface area contributed by atoms with Gasteiger partial charge in [0.25, 0.3) is 0 Å². The molecule has 0 aliphatic carbocycles. The maximum Gasteiger partial charge on any atom is 0.321 e. The SMILES string of the molecule is CC(C)(C)CN1CCC[C@@]2(CCN(C(=O)Nc3ccccc3Cl)C2)C1=O. The first kappa shape index (κ1) is 19.0. The molecular weight excluding hydrogens is 350 g/mol.